The van der Waals surface area contributed by atoms with Crippen LogP contribution in [-0.4, -0.2) is 100 Å². The van der Waals surface area contributed by atoms with Crippen LogP contribution in [-0.2, 0) is 23.8 Å². The minimum absolute atomic E-state index is 0.00137. The number of rotatable bonds is 59. The van der Waals surface area contributed by atoms with Crippen molar-refractivity contribution in [2.24, 2.45) is 0 Å². The van der Waals surface area contributed by atoms with Crippen molar-refractivity contribution in [2.75, 3.05) is 19.8 Å². The van der Waals surface area contributed by atoms with Crippen molar-refractivity contribution in [2.45, 2.75) is 371 Å². The van der Waals surface area contributed by atoms with E-state index >= 15 is 0 Å². The van der Waals surface area contributed by atoms with Gasteiger partial charge in [-0.3, -0.25) is 9.59 Å². The van der Waals surface area contributed by atoms with Gasteiger partial charge in [0.1, 0.15) is 24.4 Å². The number of carbonyl (C=O) groups is 2. The Balaban J connectivity index is 1.93. The molecule has 78 heavy (non-hydrogen) atoms. The van der Waals surface area contributed by atoms with Gasteiger partial charge in [-0.2, -0.15) is 0 Å². The highest BCUT2D eigenvalue weighted by Crippen LogP contribution is 2.23. The van der Waals surface area contributed by atoms with Gasteiger partial charge in [0.2, 0.25) is 5.91 Å². The topological polar surface area (TPSA) is 175 Å². The molecule has 0 aliphatic carbocycles. The Labute approximate surface area is 480 Å². The molecule has 1 aliphatic heterocycles. The molecule has 1 saturated heterocycles. The summed E-state index contributed by atoms with van der Waals surface area (Å²) in [5, 5.41) is 54.3. The van der Waals surface area contributed by atoms with E-state index in [1.54, 1.807) is 6.08 Å². The number of aliphatic hydroxyl groups excluding tert-OH is 5. The third kappa shape index (κ3) is 45.7. The van der Waals surface area contributed by atoms with Crippen LogP contribution in [0.4, 0.5) is 0 Å². The van der Waals surface area contributed by atoms with Gasteiger partial charge >= 0.3 is 5.97 Å². The Morgan fingerprint density at radius 3 is 1.23 bits per heavy atom. The van der Waals surface area contributed by atoms with Crippen molar-refractivity contribution in [1.82, 2.24) is 5.32 Å². The minimum atomic E-state index is -1.57. The van der Waals surface area contributed by atoms with E-state index in [9.17, 15) is 35.1 Å². The molecule has 7 atom stereocenters. The summed E-state index contributed by atoms with van der Waals surface area (Å²) in [6.07, 6.45) is 60.2. The number of amides is 1. The van der Waals surface area contributed by atoms with Gasteiger partial charge in [-0.05, 0) is 57.8 Å². The van der Waals surface area contributed by atoms with E-state index in [0.717, 1.165) is 57.8 Å². The van der Waals surface area contributed by atoms with E-state index in [4.69, 9.17) is 14.2 Å². The predicted octanol–water partition coefficient (Wildman–Crippen LogP) is 16.5. The molecular formula is C67H127NO10. The van der Waals surface area contributed by atoms with E-state index in [0.29, 0.717) is 19.4 Å². The molecule has 0 aromatic rings. The van der Waals surface area contributed by atoms with Gasteiger partial charge in [-0.1, -0.05) is 282 Å². The third-order valence-corrected chi connectivity index (χ3v) is 16.1. The average Bonchev–Trinajstić information content (AvgIpc) is 3.43. The van der Waals surface area contributed by atoms with E-state index in [1.807, 2.05) is 6.08 Å². The standard InChI is InChI=1S/C67H127NO10/c1-3-5-7-9-11-13-14-15-16-25-29-32-35-39-43-47-51-55-63(72)76-56-52-48-44-40-36-33-30-27-24-22-20-18-17-19-21-23-26-28-31-34-38-42-46-50-54-62(71)68-59(60(70)53-49-45-41-37-12-10-8-6-4-2)58-77-67-66(75)65(74)64(73)61(57-69)78-67/h15-16,49,53,59-61,64-67,69-70,73-75H,3-14,17-48,50-52,54-58H2,1-2H3,(H,68,71)/b16-15-,53-49+. The Bertz CT molecular complexity index is 1350. The van der Waals surface area contributed by atoms with Crippen LogP contribution in [0.15, 0.2) is 24.3 Å². The van der Waals surface area contributed by atoms with Crippen molar-refractivity contribution in [3.63, 3.8) is 0 Å². The molecule has 0 aromatic heterocycles. The van der Waals surface area contributed by atoms with Crippen LogP contribution in [0, 0.1) is 0 Å². The number of unbranched alkanes of at least 4 members (excludes halogenated alkanes) is 43. The summed E-state index contributed by atoms with van der Waals surface area (Å²) < 4.78 is 16.7. The van der Waals surface area contributed by atoms with Crippen LogP contribution in [0.1, 0.15) is 328 Å². The molecule has 11 heteroatoms. The lowest BCUT2D eigenvalue weighted by atomic mass is 9.99. The summed E-state index contributed by atoms with van der Waals surface area (Å²) >= 11 is 0. The molecule has 1 rings (SSSR count). The molecule has 6 N–H and O–H groups in total. The second kappa shape index (κ2) is 57.0. The molecule has 7 unspecified atom stereocenters. The number of ether oxygens (including phenoxy) is 3. The highest BCUT2D eigenvalue weighted by Gasteiger charge is 2.44. The fraction of sp³-hybridized carbons (Fsp3) is 0.910. The van der Waals surface area contributed by atoms with Crippen molar-refractivity contribution >= 4 is 11.9 Å². The third-order valence-electron chi connectivity index (χ3n) is 16.1. The largest absolute Gasteiger partial charge is 0.466 e. The SMILES string of the molecule is CCCCCCCC/C=C\CCCCCCCCCC(=O)OCCCCCCCCCCCCCCCCCCCCCCCCCCC(=O)NC(COC1OC(CO)C(O)C(O)C1O)C(O)/C=C/CCCCCCCCC. The number of carbonyl (C=O) groups excluding carboxylic acids is 2. The fourth-order valence-electron chi connectivity index (χ4n) is 10.7. The molecule has 1 amide bonds. The number of aliphatic hydroxyl groups is 5. The van der Waals surface area contributed by atoms with Crippen LogP contribution in [0.3, 0.4) is 0 Å². The molecule has 0 saturated carbocycles. The summed E-state index contributed by atoms with van der Waals surface area (Å²) in [6.45, 7) is 4.33. The van der Waals surface area contributed by atoms with E-state index < -0.39 is 49.5 Å². The maximum atomic E-state index is 13.0. The molecule has 0 aromatic carbocycles. The Morgan fingerprint density at radius 1 is 0.462 bits per heavy atom. The molecule has 1 aliphatic rings. The molecule has 1 heterocycles. The minimum Gasteiger partial charge on any atom is -0.466 e. The average molecular weight is 1110 g/mol. The van der Waals surface area contributed by atoms with Crippen LogP contribution >= 0.6 is 0 Å². The maximum Gasteiger partial charge on any atom is 0.305 e. The van der Waals surface area contributed by atoms with Crippen LogP contribution in [0.5, 0.6) is 0 Å². The molecule has 0 radical (unpaired) electrons. The Hall–Kier alpha value is -1.86. The summed E-state index contributed by atoms with van der Waals surface area (Å²) in [5.41, 5.74) is 0. The van der Waals surface area contributed by atoms with E-state index in [2.05, 4.69) is 31.3 Å². The van der Waals surface area contributed by atoms with Gasteiger partial charge in [0.05, 0.1) is 32.0 Å². The zero-order valence-corrected chi connectivity index (χ0v) is 50.9. The summed E-state index contributed by atoms with van der Waals surface area (Å²) in [4.78, 5) is 25.1. The highest BCUT2D eigenvalue weighted by molar-refractivity contribution is 5.76. The summed E-state index contributed by atoms with van der Waals surface area (Å²) in [6, 6.07) is -0.807. The van der Waals surface area contributed by atoms with Crippen molar-refractivity contribution in [3.05, 3.63) is 24.3 Å². The first kappa shape index (κ1) is 74.2. The van der Waals surface area contributed by atoms with Crippen LogP contribution < -0.4 is 5.32 Å². The van der Waals surface area contributed by atoms with Gasteiger partial charge in [-0.15, -0.1) is 0 Å². The first-order valence-corrected chi connectivity index (χ1v) is 33.6. The molecule has 0 bridgehead atoms. The highest BCUT2D eigenvalue weighted by atomic mass is 16.7. The van der Waals surface area contributed by atoms with Crippen LogP contribution in [0.25, 0.3) is 0 Å². The zero-order chi connectivity index (χ0) is 56.6. The van der Waals surface area contributed by atoms with Crippen molar-refractivity contribution in [1.29, 1.82) is 0 Å². The first-order valence-electron chi connectivity index (χ1n) is 33.6. The second-order valence-electron chi connectivity index (χ2n) is 23.5. The zero-order valence-electron chi connectivity index (χ0n) is 50.9. The maximum absolute atomic E-state index is 13.0. The predicted molar refractivity (Wildman–Crippen MR) is 324 cm³/mol. The van der Waals surface area contributed by atoms with E-state index in [-0.39, 0.29) is 18.5 Å². The summed E-state index contributed by atoms with van der Waals surface area (Å²) in [7, 11) is 0. The lowest BCUT2D eigenvalue weighted by molar-refractivity contribution is -0.302. The number of allylic oxidation sites excluding steroid dienone is 3. The number of hydrogen-bond acceptors (Lipinski definition) is 10. The van der Waals surface area contributed by atoms with Gasteiger partial charge in [-0.25, -0.2) is 0 Å². The second-order valence-corrected chi connectivity index (χ2v) is 23.5. The lowest BCUT2D eigenvalue weighted by Gasteiger charge is -2.40. The molecule has 460 valence electrons. The summed E-state index contributed by atoms with van der Waals surface area (Å²) in [5.74, 6) is -0.180. The molecule has 11 nitrogen and oxygen atoms in total. The molecular weight excluding hydrogens is 979 g/mol. The normalized spacial score (nSPS) is 18.6. The number of hydrogen-bond donors (Lipinski definition) is 6. The first-order chi connectivity index (χ1) is 38.2. The van der Waals surface area contributed by atoms with Gasteiger partial charge in [0.15, 0.2) is 6.29 Å². The lowest BCUT2D eigenvalue weighted by Crippen LogP contribution is -2.60. The molecule has 0 spiro atoms. The van der Waals surface area contributed by atoms with Crippen molar-refractivity contribution in [3.8, 4) is 0 Å². The van der Waals surface area contributed by atoms with Crippen molar-refractivity contribution < 1.29 is 49.3 Å². The Morgan fingerprint density at radius 2 is 0.821 bits per heavy atom. The monoisotopic (exact) mass is 1110 g/mol. The molecule has 1 fully saturated rings. The number of esters is 1. The van der Waals surface area contributed by atoms with E-state index in [1.165, 1.54) is 244 Å². The van der Waals surface area contributed by atoms with Gasteiger partial charge < -0.3 is 45.1 Å². The fourth-order valence-corrected chi connectivity index (χ4v) is 10.7. The van der Waals surface area contributed by atoms with Gasteiger partial charge in [0, 0.05) is 12.8 Å². The number of nitrogens with one attached hydrogen (secondary N) is 1. The quantitative estimate of drug-likeness (QED) is 0.0195. The Kier molecular flexibility index (Phi) is 54.2. The van der Waals surface area contributed by atoms with Crippen LogP contribution in [0.2, 0.25) is 0 Å². The van der Waals surface area contributed by atoms with Gasteiger partial charge in [0.25, 0.3) is 0 Å². The smallest absolute Gasteiger partial charge is 0.305 e.